The van der Waals surface area contributed by atoms with Gasteiger partial charge in [-0.15, -0.1) is 0 Å². The Balaban J connectivity index is 0.000000317. The Labute approximate surface area is 108 Å². The normalized spacial score (nSPS) is 8.53. The summed E-state index contributed by atoms with van der Waals surface area (Å²) in [4.78, 5) is 2.23. The lowest BCUT2D eigenvalue weighted by Crippen LogP contribution is -2.01. The van der Waals surface area contributed by atoms with Crippen LogP contribution in [0.25, 0.3) is 10.4 Å². The second kappa shape index (κ2) is 8.66. The van der Waals surface area contributed by atoms with Gasteiger partial charge in [-0.2, -0.15) is 0 Å². The monoisotopic (exact) mass is 261 g/mol. The van der Waals surface area contributed by atoms with Crippen molar-refractivity contribution in [2.45, 2.75) is 0 Å². The predicted molar refractivity (Wildman–Crippen MR) is 78.6 cm³/mol. The van der Waals surface area contributed by atoms with Crippen molar-refractivity contribution in [3.05, 3.63) is 71.1 Å². The van der Waals surface area contributed by atoms with Crippen molar-refractivity contribution in [1.82, 2.24) is 0 Å². The van der Waals surface area contributed by atoms with Crippen LogP contribution in [-0.4, -0.2) is 0 Å². The van der Waals surface area contributed by atoms with Crippen LogP contribution >= 0.6 is 21.4 Å². The molecule has 0 heterocycles. The molecule has 0 aliphatic carbocycles. The number of nitrogens with zero attached hydrogens (tertiary/aromatic N) is 3. The van der Waals surface area contributed by atoms with E-state index in [2.05, 4.69) is 82.9 Å². The van der Waals surface area contributed by atoms with Crippen LogP contribution in [0.2, 0.25) is 0 Å². The molecule has 5 heteroatoms. The SMILES string of the molecule is [N-]=[N+]=NS.c1ccc(Pc2ccccc2)cc1. The molecular weight excluding hydrogens is 249 g/mol. The minimum atomic E-state index is 0.777. The quantitative estimate of drug-likeness (QED) is 0.283. The van der Waals surface area contributed by atoms with Crippen molar-refractivity contribution in [1.29, 1.82) is 0 Å². The van der Waals surface area contributed by atoms with Gasteiger partial charge in [0, 0.05) is 4.91 Å². The van der Waals surface area contributed by atoms with Crippen molar-refractivity contribution in [3.63, 3.8) is 0 Å². The fourth-order valence-corrected chi connectivity index (χ4v) is 2.26. The highest BCUT2D eigenvalue weighted by Gasteiger charge is 1.92. The minimum absolute atomic E-state index is 0.777. The summed E-state index contributed by atoms with van der Waals surface area (Å²) in [6.45, 7) is 0. The number of benzene rings is 2. The van der Waals surface area contributed by atoms with Gasteiger partial charge in [0.05, 0.1) is 0 Å². The summed E-state index contributed by atoms with van der Waals surface area (Å²) in [6.07, 6.45) is 0. The van der Waals surface area contributed by atoms with E-state index in [0.717, 1.165) is 8.58 Å². The van der Waals surface area contributed by atoms with Crippen LogP contribution in [0, 0.1) is 0 Å². The van der Waals surface area contributed by atoms with Crippen LogP contribution < -0.4 is 10.6 Å². The van der Waals surface area contributed by atoms with Crippen LogP contribution in [0.4, 0.5) is 0 Å². The highest BCUT2D eigenvalue weighted by molar-refractivity contribution is 7.78. The summed E-state index contributed by atoms with van der Waals surface area (Å²) in [7, 11) is 0.777. The zero-order valence-electron chi connectivity index (χ0n) is 9.06. The standard InChI is InChI=1S/C12H11P.HN3S/c1-3-7-11(8-4-1)13-12-9-5-2-6-10-12;1-2-3-4/h1-10,13H;4H. The molecule has 0 saturated heterocycles. The van der Waals surface area contributed by atoms with Gasteiger partial charge >= 0.3 is 0 Å². The molecule has 0 N–H and O–H groups in total. The summed E-state index contributed by atoms with van der Waals surface area (Å²) in [5.41, 5.74) is 7.26. The second-order valence-electron chi connectivity index (χ2n) is 3.04. The van der Waals surface area contributed by atoms with Crippen molar-refractivity contribution < 1.29 is 0 Å². The lowest BCUT2D eigenvalue weighted by molar-refractivity contribution is 1.76. The van der Waals surface area contributed by atoms with Gasteiger partial charge in [0.25, 0.3) is 0 Å². The topological polar surface area (TPSA) is 48.8 Å². The predicted octanol–water partition coefficient (Wildman–Crippen LogP) is 3.46. The number of thiol groups is 1. The molecule has 2 rings (SSSR count). The third-order valence-corrected chi connectivity index (χ3v) is 3.20. The first-order chi connectivity index (χ1) is 8.36. The van der Waals surface area contributed by atoms with Crippen molar-refractivity contribution in [3.8, 4) is 0 Å². The van der Waals surface area contributed by atoms with Crippen molar-refractivity contribution in [2.75, 3.05) is 0 Å². The average Bonchev–Trinajstić information content (AvgIpc) is 2.41. The van der Waals surface area contributed by atoms with Crippen LogP contribution in [0.15, 0.2) is 65.2 Å². The van der Waals surface area contributed by atoms with E-state index in [1.54, 1.807) is 0 Å². The van der Waals surface area contributed by atoms with Gasteiger partial charge in [-0.25, -0.2) is 0 Å². The molecule has 0 saturated carbocycles. The second-order valence-corrected chi connectivity index (χ2v) is 4.62. The van der Waals surface area contributed by atoms with Gasteiger partial charge in [-0.3, -0.25) is 0 Å². The number of rotatable bonds is 2. The lowest BCUT2D eigenvalue weighted by Gasteiger charge is -2.00. The van der Waals surface area contributed by atoms with Gasteiger partial charge in [0.15, 0.2) is 0 Å². The van der Waals surface area contributed by atoms with Crippen molar-refractivity contribution in [2.24, 2.45) is 4.52 Å². The molecule has 2 aromatic rings. The van der Waals surface area contributed by atoms with E-state index in [-0.39, 0.29) is 0 Å². The summed E-state index contributed by atoms with van der Waals surface area (Å²) in [5, 5.41) is 2.79. The summed E-state index contributed by atoms with van der Waals surface area (Å²) in [5.74, 6) is 0. The number of hydrogen-bond donors (Lipinski definition) is 1. The van der Waals surface area contributed by atoms with E-state index < -0.39 is 0 Å². The van der Waals surface area contributed by atoms with Gasteiger partial charge < -0.3 is 0 Å². The fraction of sp³-hybridized carbons (Fsp3) is 0. The smallest absolute Gasteiger partial charge is 0.0106 e. The number of azide groups is 1. The fourth-order valence-electron chi connectivity index (χ4n) is 1.21. The Morgan fingerprint density at radius 2 is 1.24 bits per heavy atom. The van der Waals surface area contributed by atoms with Crippen LogP contribution in [0.1, 0.15) is 0 Å². The summed E-state index contributed by atoms with van der Waals surface area (Å²) >= 11 is 3.13. The van der Waals surface area contributed by atoms with E-state index in [9.17, 15) is 0 Å². The maximum absolute atomic E-state index is 7.26. The first-order valence-corrected chi connectivity index (χ1v) is 6.32. The van der Waals surface area contributed by atoms with Crippen LogP contribution in [-0.2, 0) is 0 Å². The zero-order valence-corrected chi connectivity index (χ0v) is 11.0. The molecule has 2 aromatic carbocycles. The van der Waals surface area contributed by atoms with E-state index in [4.69, 9.17) is 5.53 Å². The minimum Gasteiger partial charge on any atom is -0.0840 e. The highest BCUT2D eigenvalue weighted by atomic mass is 32.1. The molecule has 0 atom stereocenters. The third-order valence-electron chi connectivity index (χ3n) is 1.88. The molecule has 0 fully saturated rings. The zero-order chi connectivity index (χ0) is 12.3. The Bertz CT molecular complexity index is 432. The maximum atomic E-state index is 7.26. The first kappa shape index (κ1) is 13.6. The van der Waals surface area contributed by atoms with Crippen LogP contribution in [0.3, 0.4) is 0 Å². The van der Waals surface area contributed by atoms with Gasteiger partial charge in [-0.1, -0.05) is 82.1 Å². The van der Waals surface area contributed by atoms with Gasteiger partial charge in [-0.05, 0) is 20.7 Å². The molecule has 0 amide bonds. The van der Waals surface area contributed by atoms with Crippen molar-refractivity contribution >= 4 is 32.0 Å². The Morgan fingerprint density at radius 3 is 1.53 bits per heavy atom. The van der Waals surface area contributed by atoms with E-state index in [1.807, 2.05) is 0 Å². The molecule has 0 aliphatic rings. The molecule has 0 bridgehead atoms. The van der Waals surface area contributed by atoms with Gasteiger partial charge in [0.1, 0.15) is 0 Å². The largest absolute Gasteiger partial charge is 0.0840 e. The van der Waals surface area contributed by atoms with E-state index in [0.29, 0.717) is 0 Å². The first-order valence-electron chi connectivity index (χ1n) is 4.92. The molecule has 0 spiro atoms. The molecule has 17 heavy (non-hydrogen) atoms. The van der Waals surface area contributed by atoms with Gasteiger partial charge in [0.2, 0.25) is 0 Å². The average molecular weight is 261 g/mol. The molecule has 0 aromatic heterocycles. The molecular formula is C12H12N3PS. The van der Waals surface area contributed by atoms with Crippen LogP contribution in [0.5, 0.6) is 0 Å². The lowest BCUT2D eigenvalue weighted by atomic mass is 10.4. The Kier molecular flexibility index (Phi) is 6.92. The number of hydrogen-bond acceptors (Lipinski definition) is 1. The maximum Gasteiger partial charge on any atom is 0.0106 e. The van der Waals surface area contributed by atoms with E-state index >= 15 is 0 Å². The molecule has 0 aliphatic heterocycles. The molecule has 0 unspecified atom stereocenters. The third kappa shape index (κ3) is 5.98. The highest BCUT2D eigenvalue weighted by Crippen LogP contribution is 2.08. The van der Waals surface area contributed by atoms with E-state index in [1.165, 1.54) is 10.6 Å². The molecule has 86 valence electrons. The molecule has 0 radical (unpaired) electrons. The molecule has 3 nitrogen and oxygen atoms in total. The Hall–Kier alpha value is -1.47. The Morgan fingerprint density at radius 1 is 0.882 bits per heavy atom. The summed E-state index contributed by atoms with van der Waals surface area (Å²) < 4.78 is 2.61. The summed E-state index contributed by atoms with van der Waals surface area (Å²) in [6, 6.07) is 21.2.